The molecule has 0 saturated carbocycles. The van der Waals surface area contributed by atoms with Crippen molar-refractivity contribution in [1.82, 2.24) is 25.5 Å². The van der Waals surface area contributed by atoms with Gasteiger partial charge in [0.15, 0.2) is 28.2 Å². The number of anilines is 2. The number of nitrogens with one attached hydrogen (secondary N) is 2. The molecule has 1 aromatic carbocycles. The maximum Gasteiger partial charge on any atom is 0.273 e. The summed E-state index contributed by atoms with van der Waals surface area (Å²) in [5, 5.41) is 13.2. The van der Waals surface area contributed by atoms with Crippen LogP contribution in [0.25, 0.3) is 11.4 Å². The first kappa shape index (κ1) is 18.5. The fourth-order valence-electron chi connectivity index (χ4n) is 2.38. The molecule has 0 saturated heterocycles. The predicted molar refractivity (Wildman–Crippen MR) is 97.7 cm³/mol. The summed E-state index contributed by atoms with van der Waals surface area (Å²) in [7, 11) is 2.96. The van der Waals surface area contributed by atoms with Crippen LogP contribution in [-0.2, 0) is 0 Å². The van der Waals surface area contributed by atoms with Crippen LogP contribution < -0.4 is 15.4 Å². The van der Waals surface area contributed by atoms with E-state index in [9.17, 15) is 9.18 Å². The average molecular weight is 389 g/mol. The Labute approximate surface area is 158 Å². The van der Waals surface area contributed by atoms with Gasteiger partial charge in [0.05, 0.1) is 36.4 Å². The van der Waals surface area contributed by atoms with E-state index in [4.69, 9.17) is 16.3 Å². The summed E-state index contributed by atoms with van der Waals surface area (Å²) in [5.41, 5.74) is 1.45. The first-order chi connectivity index (χ1) is 13.0. The van der Waals surface area contributed by atoms with Crippen molar-refractivity contribution >= 4 is 28.9 Å². The Morgan fingerprint density at radius 3 is 2.59 bits per heavy atom. The van der Waals surface area contributed by atoms with Crippen LogP contribution in [0, 0.1) is 5.82 Å². The summed E-state index contributed by atoms with van der Waals surface area (Å²) in [5.74, 6) is -0.285. The second kappa shape index (κ2) is 7.92. The summed E-state index contributed by atoms with van der Waals surface area (Å²) in [6.45, 7) is 0. The normalized spacial score (nSPS) is 10.4. The van der Waals surface area contributed by atoms with E-state index in [0.29, 0.717) is 22.7 Å². The van der Waals surface area contributed by atoms with Crippen molar-refractivity contribution in [3.05, 3.63) is 53.3 Å². The summed E-state index contributed by atoms with van der Waals surface area (Å²) in [6, 6.07) is 6.67. The van der Waals surface area contributed by atoms with Crippen molar-refractivity contribution in [2.24, 2.45) is 0 Å². The second-order valence-electron chi connectivity index (χ2n) is 5.24. The zero-order valence-electron chi connectivity index (χ0n) is 14.3. The Hall–Kier alpha value is -3.33. The Kier molecular flexibility index (Phi) is 5.41. The summed E-state index contributed by atoms with van der Waals surface area (Å²) >= 11 is 5.91. The first-order valence-corrected chi connectivity index (χ1v) is 8.08. The molecule has 0 atom stereocenters. The molecule has 27 heavy (non-hydrogen) atoms. The van der Waals surface area contributed by atoms with Crippen LogP contribution in [0.5, 0.6) is 5.75 Å². The summed E-state index contributed by atoms with van der Waals surface area (Å²) < 4.78 is 18.6. The molecular weight excluding hydrogens is 375 g/mol. The van der Waals surface area contributed by atoms with Gasteiger partial charge in [-0.1, -0.05) is 17.7 Å². The van der Waals surface area contributed by atoms with Crippen LogP contribution in [0.15, 0.2) is 36.7 Å². The molecule has 138 valence electrons. The Morgan fingerprint density at radius 1 is 1.19 bits per heavy atom. The molecule has 2 heterocycles. The smallest absolute Gasteiger partial charge is 0.273 e. The minimum Gasteiger partial charge on any atom is -0.494 e. The Balaban J connectivity index is 2.06. The molecule has 0 aliphatic carbocycles. The molecule has 0 radical (unpaired) electrons. The molecule has 8 nitrogen and oxygen atoms in total. The van der Waals surface area contributed by atoms with Gasteiger partial charge in [0.1, 0.15) is 0 Å². The van der Waals surface area contributed by atoms with E-state index >= 15 is 0 Å². The molecule has 0 bridgehead atoms. The van der Waals surface area contributed by atoms with Gasteiger partial charge in [0.25, 0.3) is 5.91 Å². The molecule has 0 unspecified atom stereocenters. The van der Waals surface area contributed by atoms with Crippen LogP contribution in [0.4, 0.5) is 15.8 Å². The quantitative estimate of drug-likeness (QED) is 0.692. The highest BCUT2D eigenvalue weighted by atomic mass is 35.5. The van der Waals surface area contributed by atoms with E-state index in [0.717, 1.165) is 12.4 Å². The number of methoxy groups -OCH3 is 1. The molecule has 1 amide bonds. The summed E-state index contributed by atoms with van der Waals surface area (Å²) in [6.07, 6.45) is 2.14. The van der Waals surface area contributed by atoms with Crippen LogP contribution >= 0.6 is 11.6 Å². The molecule has 0 spiro atoms. The van der Waals surface area contributed by atoms with Gasteiger partial charge in [-0.05, 0) is 12.1 Å². The number of aromatic nitrogens is 4. The number of amides is 1. The lowest BCUT2D eigenvalue weighted by molar-refractivity contribution is 0.0958. The van der Waals surface area contributed by atoms with Gasteiger partial charge in [0.2, 0.25) is 0 Å². The third-order valence-corrected chi connectivity index (χ3v) is 3.74. The molecule has 10 heteroatoms. The zero-order valence-corrected chi connectivity index (χ0v) is 15.1. The van der Waals surface area contributed by atoms with Gasteiger partial charge in [-0.2, -0.15) is 0 Å². The number of ether oxygens (including phenoxy) is 1. The van der Waals surface area contributed by atoms with Crippen molar-refractivity contribution in [1.29, 1.82) is 0 Å². The maximum atomic E-state index is 13.1. The van der Waals surface area contributed by atoms with Crippen LogP contribution in [0.1, 0.15) is 10.5 Å². The number of para-hydroxylation sites is 1. The lowest BCUT2D eigenvalue weighted by atomic mass is 10.1. The van der Waals surface area contributed by atoms with Gasteiger partial charge in [-0.15, -0.1) is 10.2 Å². The number of hydrogen-bond donors (Lipinski definition) is 2. The average Bonchev–Trinajstić information content (AvgIpc) is 2.68. The van der Waals surface area contributed by atoms with Gasteiger partial charge in [0, 0.05) is 13.1 Å². The Morgan fingerprint density at radius 2 is 1.93 bits per heavy atom. The second-order valence-corrected chi connectivity index (χ2v) is 5.63. The lowest BCUT2D eigenvalue weighted by Gasteiger charge is -2.15. The van der Waals surface area contributed by atoms with Crippen molar-refractivity contribution < 1.29 is 13.9 Å². The molecule has 0 fully saturated rings. The van der Waals surface area contributed by atoms with Crippen molar-refractivity contribution in [3.63, 3.8) is 0 Å². The van der Waals surface area contributed by atoms with E-state index < -0.39 is 11.7 Å². The fraction of sp³-hybridized carbons (Fsp3) is 0.118. The topological polar surface area (TPSA) is 102 Å². The summed E-state index contributed by atoms with van der Waals surface area (Å²) in [4.78, 5) is 20.0. The standard InChI is InChI=1S/C17H14ClFN6O2/c1-20-17(26)14-12(6-13(18)24-25-14)23-11-5-3-4-10(15(11)27-2)16-21-7-9(19)8-22-16/h3-8H,1-2H3,(H,20,26)(H,23,24). The van der Waals surface area contributed by atoms with Crippen LogP contribution in [-0.4, -0.2) is 40.2 Å². The highest BCUT2D eigenvalue weighted by molar-refractivity contribution is 6.29. The number of halogens is 2. The fourth-order valence-corrected chi connectivity index (χ4v) is 2.52. The highest BCUT2D eigenvalue weighted by Gasteiger charge is 2.18. The third-order valence-electron chi connectivity index (χ3n) is 3.56. The monoisotopic (exact) mass is 388 g/mol. The molecular formula is C17H14ClFN6O2. The lowest BCUT2D eigenvalue weighted by Crippen LogP contribution is -2.21. The predicted octanol–water partition coefficient (Wildman–Crippen LogP) is 2.84. The SMILES string of the molecule is CNC(=O)c1nnc(Cl)cc1Nc1cccc(-c2ncc(F)cn2)c1OC. The van der Waals surface area contributed by atoms with Gasteiger partial charge < -0.3 is 15.4 Å². The van der Waals surface area contributed by atoms with Crippen molar-refractivity contribution in [3.8, 4) is 17.1 Å². The van der Waals surface area contributed by atoms with E-state index in [1.165, 1.54) is 20.2 Å². The number of carbonyl (C=O) groups excluding carboxylic acids is 1. The number of carbonyl (C=O) groups is 1. The van der Waals surface area contributed by atoms with Gasteiger partial charge >= 0.3 is 0 Å². The van der Waals surface area contributed by atoms with E-state index in [1.807, 2.05) is 0 Å². The molecule has 3 rings (SSSR count). The minimum atomic E-state index is -0.542. The number of rotatable bonds is 5. The Bertz CT molecular complexity index is 984. The van der Waals surface area contributed by atoms with E-state index in [1.54, 1.807) is 18.2 Å². The van der Waals surface area contributed by atoms with E-state index in [2.05, 4.69) is 30.8 Å². The molecule has 0 aliphatic heterocycles. The molecule has 3 aromatic rings. The van der Waals surface area contributed by atoms with Gasteiger partial charge in [-0.3, -0.25) is 4.79 Å². The highest BCUT2D eigenvalue weighted by Crippen LogP contribution is 2.36. The zero-order chi connectivity index (χ0) is 19.4. The molecule has 2 N–H and O–H groups in total. The van der Waals surface area contributed by atoms with E-state index in [-0.39, 0.29) is 16.7 Å². The van der Waals surface area contributed by atoms with Crippen LogP contribution in [0.3, 0.4) is 0 Å². The number of hydrogen-bond acceptors (Lipinski definition) is 7. The third kappa shape index (κ3) is 3.93. The van der Waals surface area contributed by atoms with Crippen molar-refractivity contribution in [2.75, 3.05) is 19.5 Å². The van der Waals surface area contributed by atoms with Crippen LogP contribution in [0.2, 0.25) is 5.15 Å². The van der Waals surface area contributed by atoms with Crippen molar-refractivity contribution in [2.45, 2.75) is 0 Å². The molecule has 0 aliphatic rings. The van der Waals surface area contributed by atoms with Gasteiger partial charge in [-0.25, -0.2) is 14.4 Å². The maximum absolute atomic E-state index is 13.1. The molecule has 2 aromatic heterocycles. The first-order valence-electron chi connectivity index (χ1n) is 7.70. The largest absolute Gasteiger partial charge is 0.494 e. The number of benzene rings is 1. The minimum absolute atomic E-state index is 0.0624. The number of nitrogens with zero attached hydrogens (tertiary/aromatic N) is 4.